The van der Waals surface area contributed by atoms with Gasteiger partial charge in [-0.1, -0.05) is 12.0 Å². The number of hydrogen-bond donors (Lipinski definition) is 0. The number of rotatable bonds is 1. The molecule has 2 rings (SSSR count). The highest BCUT2D eigenvalue weighted by Gasteiger charge is 2.17. The van der Waals surface area contributed by atoms with Crippen LogP contribution in [0.3, 0.4) is 0 Å². The number of benzene rings is 1. The molecule has 72 valence electrons. The molecule has 0 aliphatic heterocycles. The first-order chi connectivity index (χ1) is 6.83. The lowest BCUT2D eigenvalue weighted by atomic mass is 9.88. The minimum atomic E-state index is 0.388. The van der Waals surface area contributed by atoms with Crippen LogP contribution in [0.2, 0.25) is 0 Å². The molecule has 1 aromatic rings. The van der Waals surface area contributed by atoms with Gasteiger partial charge in [-0.25, -0.2) is 0 Å². The van der Waals surface area contributed by atoms with Gasteiger partial charge in [0.15, 0.2) is 0 Å². The molecule has 1 aliphatic rings. The Bertz CT molecular complexity index is 373. The summed E-state index contributed by atoms with van der Waals surface area (Å²) in [6.07, 6.45) is 8.97. The standard InChI is InChI=1S/C13H14O/c1-3-10-4-5-12-9-13(14-2)7-6-11(12)8-10/h1,4-5,8,13H,6-7,9H2,2H3/t13-/m0/s1. The number of hydrogen-bond acceptors (Lipinski definition) is 1. The van der Waals surface area contributed by atoms with Crippen LogP contribution >= 0.6 is 0 Å². The summed E-state index contributed by atoms with van der Waals surface area (Å²) in [5.74, 6) is 2.67. The van der Waals surface area contributed by atoms with E-state index in [1.54, 1.807) is 7.11 Å². The summed E-state index contributed by atoms with van der Waals surface area (Å²) < 4.78 is 5.36. The summed E-state index contributed by atoms with van der Waals surface area (Å²) >= 11 is 0. The Morgan fingerprint density at radius 3 is 3.00 bits per heavy atom. The van der Waals surface area contributed by atoms with Gasteiger partial charge in [0.1, 0.15) is 0 Å². The van der Waals surface area contributed by atoms with E-state index in [1.165, 1.54) is 11.1 Å². The van der Waals surface area contributed by atoms with Crippen LogP contribution in [0.5, 0.6) is 0 Å². The maximum Gasteiger partial charge on any atom is 0.0614 e. The van der Waals surface area contributed by atoms with E-state index < -0.39 is 0 Å². The van der Waals surface area contributed by atoms with Crippen molar-refractivity contribution in [1.29, 1.82) is 0 Å². The summed E-state index contributed by atoms with van der Waals surface area (Å²) in [4.78, 5) is 0. The Kier molecular flexibility index (Phi) is 2.56. The quantitative estimate of drug-likeness (QED) is 0.611. The average molecular weight is 186 g/mol. The van der Waals surface area contributed by atoms with Crippen LogP contribution in [0.15, 0.2) is 18.2 Å². The van der Waals surface area contributed by atoms with E-state index in [0.717, 1.165) is 24.8 Å². The summed E-state index contributed by atoms with van der Waals surface area (Å²) in [7, 11) is 1.78. The zero-order chi connectivity index (χ0) is 9.97. The monoisotopic (exact) mass is 186 g/mol. The van der Waals surface area contributed by atoms with Crippen LogP contribution in [-0.2, 0) is 17.6 Å². The average Bonchev–Trinajstić information content (AvgIpc) is 2.27. The van der Waals surface area contributed by atoms with E-state index in [-0.39, 0.29) is 0 Å². The molecule has 1 atom stereocenters. The zero-order valence-electron chi connectivity index (χ0n) is 8.42. The molecule has 0 saturated heterocycles. The first kappa shape index (κ1) is 9.30. The molecule has 0 radical (unpaired) electrons. The van der Waals surface area contributed by atoms with E-state index in [0.29, 0.717) is 6.10 Å². The number of aryl methyl sites for hydroxylation is 1. The van der Waals surface area contributed by atoms with Gasteiger partial charge in [0.25, 0.3) is 0 Å². The number of ether oxygens (including phenoxy) is 1. The lowest BCUT2D eigenvalue weighted by Crippen LogP contribution is -2.21. The molecule has 0 aromatic heterocycles. The van der Waals surface area contributed by atoms with Crippen LogP contribution in [0, 0.1) is 12.3 Å². The molecule has 1 nitrogen and oxygen atoms in total. The molecule has 0 spiro atoms. The van der Waals surface area contributed by atoms with Crippen molar-refractivity contribution in [3.8, 4) is 12.3 Å². The minimum Gasteiger partial charge on any atom is -0.381 e. The molecule has 1 aliphatic carbocycles. The molecule has 14 heavy (non-hydrogen) atoms. The largest absolute Gasteiger partial charge is 0.381 e. The van der Waals surface area contributed by atoms with Crippen LogP contribution in [0.1, 0.15) is 23.1 Å². The van der Waals surface area contributed by atoms with E-state index in [4.69, 9.17) is 11.2 Å². The fourth-order valence-electron chi connectivity index (χ4n) is 2.01. The van der Waals surface area contributed by atoms with E-state index >= 15 is 0 Å². The highest BCUT2D eigenvalue weighted by molar-refractivity contribution is 5.41. The fraction of sp³-hybridized carbons (Fsp3) is 0.385. The first-order valence-corrected chi connectivity index (χ1v) is 4.94. The zero-order valence-corrected chi connectivity index (χ0v) is 8.42. The number of methoxy groups -OCH3 is 1. The van der Waals surface area contributed by atoms with Crippen LogP contribution in [0.4, 0.5) is 0 Å². The smallest absolute Gasteiger partial charge is 0.0614 e. The molecule has 1 aromatic carbocycles. The SMILES string of the molecule is C#Cc1ccc2c(c1)CC[C@H](OC)C2. The molecule has 0 amide bonds. The van der Waals surface area contributed by atoms with E-state index in [1.807, 2.05) is 6.07 Å². The van der Waals surface area contributed by atoms with Crippen LogP contribution in [0.25, 0.3) is 0 Å². The normalized spacial score (nSPS) is 19.9. The third kappa shape index (κ3) is 1.66. The van der Waals surface area contributed by atoms with Crippen molar-refractivity contribution in [2.45, 2.75) is 25.4 Å². The molecule has 0 saturated carbocycles. The van der Waals surface area contributed by atoms with E-state index in [9.17, 15) is 0 Å². The summed E-state index contributed by atoms with van der Waals surface area (Å²) in [5.41, 5.74) is 3.77. The highest BCUT2D eigenvalue weighted by Crippen LogP contribution is 2.23. The van der Waals surface area contributed by atoms with Crippen molar-refractivity contribution >= 4 is 0 Å². The van der Waals surface area contributed by atoms with Gasteiger partial charge in [0, 0.05) is 12.7 Å². The summed E-state index contributed by atoms with van der Waals surface area (Å²) in [5, 5.41) is 0. The van der Waals surface area contributed by atoms with Gasteiger partial charge in [0.05, 0.1) is 6.10 Å². The lowest BCUT2D eigenvalue weighted by molar-refractivity contribution is 0.0911. The third-order valence-corrected chi connectivity index (χ3v) is 2.89. The Morgan fingerprint density at radius 2 is 2.29 bits per heavy atom. The summed E-state index contributed by atoms with van der Waals surface area (Å²) in [6.45, 7) is 0. The van der Waals surface area contributed by atoms with Crippen molar-refractivity contribution in [3.63, 3.8) is 0 Å². The second kappa shape index (κ2) is 3.86. The predicted octanol–water partition coefficient (Wildman–Crippen LogP) is 2.17. The lowest BCUT2D eigenvalue weighted by Gasteiger charge is -2.23. The van der Waals surface area contributed by atoms with Gasteiger partial charge < -0.3 is 4.74 Å². The van der Waals surface area contributed by atoms with Crippen molar-refractivity contribution < 1.29 is 4.74 Å². The van der Waals surface area contributed by atoms with Crippen molar-refractivity contribution in [1.82, 2.24) is 0 Å². The first-order valence-electron chi connectivity index (χ1n) is 4.94. The highest BCUT2D eigenvalue weighted by atomic mass is 16.5. The number of terminal acetylenes is 1. The molecule has 0 fully saturated rings. The van der Waals surface area contributed by atoms with Crippen LogP contribution in [-0.4, -0.2) is 13.2 Å². The maximum absolute atomic E-state index is 5.36. The Labute approximate surface area is 85.1 Å². The second-order valence-corrected chi connectivity index (χ2v) is 3.73. The maximum atomic E-state index is 5.36. The van der Waals surface area contributed by atoms with Crippen molar-refractivity contribution in [2.24, 2.45) is 0 Å². The van der Waals surface area contributed by atoms with Gasteiger partial charge in [-0.3, -0.25) is 0 Å². The Balaban J connectivity index is 2.29. The molecular weight excluding hydrogens is 172 g/mol. The fourth-order valence-corrected chi connectivity index (χ4v) is 2.01. The number of fused-ring (bicyclic) bond motifs is 1. The molecule has 0 unspecified atom stereocenters. The second-order valence-electron chi connectivity index (χ2n) is 3.73. The van der Waals surface area contributed by atoms with Gasteiger partial charge in [-0.2, -0.15) is 0 Å². The van der Waals surface area contributed by atoms with Crippen LogP contribution < -0.4 is 0 Å². The van der Waals surface area contributed by atoms with Gasteiger partial charge in [-0.05, 0) is 42.5 Å². The molecule has 0 N–H and O–H groups in total. The molecule has 1 heteroatoms. The van der Waals surface area contributed by atoms with E-state index in [2.05, 4.69) is 18.1 Å². The molecule has 0 heterocycles. The van der Waals surface area contributed by atoms with Gasteiger partial charge >= 0.3 is 0 Å². The Hall–Kier alpha value is -1.26. The molecule has 0 bridgehead atoms. The van der Waals surface area contributed by atoms with Gasteiger partial charge in [-0.15, -0.1) is 6.42 Å². The summed E-state index contributed by atoms with van der Waals surface area (Å²) in [6, 6.07) is 6.27. The van der Waals surface area contributed by atoms with Crippen molar-refractivity contribution in [2.75, 3.05) is 7.11 Å². The third-order valence-electron chi connectivity index (χ3n) is 2.89. The van der Waals surface area contributed by atoms with Crippen molar-refractivity contribution in [3.05, 3.63) is 34.9 Å². The Morgan fingerprint density at radius 1 is 1.43 bits per heavy atom. The molecular formula is C13H14O. The topological polar surface area (TPSA) is 9.23 Å². The minimum absolute atomic E-state index is 0.388. The van der Waals surface area contributed by atoms with Gasteiger partial charge in [0.2, 0.25) is 0 Å². The predicted molar refractivity (Wildman–Crippen MR) is 57.2 cm³/mol.